The first-order valence-corrected chi connectivity index (χ1v) is 8.46. The zero-order valence-electron chi connectivity index (χ0n) is 13.5. The number of carbonyl (C=O) groups excluding carboxylic acids is 1. The van der Waals surface area contributed by atoms with Crippen LogP contribution in [0.25, 0.3) is 11.0 Å². The number of nitrogens with one attached hydrogen (secondary N) is 1. The van der Waals surface area contributed by atoms with Gasteiger partial charge in [-0.15, -0.1) is 0 Å². The summed E-state index contributed by atoms with van der Waals surface area (Å²) in [5, 5.41) is 4.14. The van der Waals surface area contributed by atoms with E-state index in [0.29, 0.717) is 6.54 Å². The molecule has 1 saturated heterocycles. The topological polar surface area (TPSA) is 48.7 Å². The molecule has 0 spiro atoms. The predicted molar refractivity (Wildman–Crippen MR) is 89.4 cm³/mol. The largest absolute Gasteiger partial charge is 0.461 e. The SMILES string of the molecule is Cc1oc2ccccc2c1CNC(=O)N1CCN(C2CC2)CC1. The second kappa shape index (κ2) is 5.89. The molecule has 5 nitrogen and oxygen atoms in total. The van der Waals surface area contributed by atoms with Crippen LogP contribution in [0.1, 0.15) is 24.2 Å². The quantitative estimate of drug-likeness (QED) is 0.948. The molecule has 0 unspecified atom stereocenters. The zero-order chi connectivity index (χ0) is 15.8. The molecule has 122 valence electrons. The summed E-state index contributed by atoms with van der Waals surface area (Å²) in [4.78, 5) is 16.8. The molecule has 1 aromatic carbocycles. The minimum Gasteiger partial charge on any atom is -0.461 e. The number of benzene rings is 1. The first-order chi connectivity index (χ1) is 11.2. The van der Waals surface area contributed by atoms with Crippen molar-refractivity contribution in [3.63, 3.8) is 0 Å². The Morgan fingerprint density at radius 3 is 2.70 bits per heavy atom. The second-order valence-electron chi connectivity index (χ2n) is 6.55. The second-order valence-corrected chi connectivity index (χ2v) is 6.55. The number of fused-ring (bicyclic) bond motifs is 1. The lowest BCUT2D eigenvalue weighted by Gasteiger charge is -2.34. The van der Waals surface area contributed by atoms with Crippen molar-refractivity contribution in [2.45, 2.75) is 32.4 Å². The number of hydrogen-bond donors (Lipinski definition) is 1. The fourth-order valence-electron chi connectivity index (χ4n) is 3.45. The minimum absolute atomic E-state index is 0.0325. The molecule has 1 aromatic heterocycles. The van der Waals surface area contributed by atoms with Crippen LogP contribution in [0.2, 0.25) is 0 Å². The number of carbonyl (C=O) groups is 1. The van der Waals surface area contributed by atoms with E-state index in [-0.39, 0.29) is 6.03 Å². The molecule has 0 radical (unpaired) electrons. The van der Waals surface area contributed by atoms with Crippen molar-refractivity contribution in [3.05, 3.63) is 35.6 Å². The Morgan fingerprint density at radius 1 is 1.22 bits per heavy atom. The summed E-state index contributed by atoms with van der Waals surface area (Å²) in [5.74, 6) is 0.880. The van der Waals surface area contributed by atoms with Crippen LogP contribution < -0.4 is 5.32 Å². The summed E-state index contributed by atoms with van der Waals surface area (Å²) < 4.78 is 5.75. The summed E-state index contributed by atoms with van der Waals surface area (Å²) in [6.45, 7) is 6.14. The molecule has 1 saturated carbocycles. The summed E-state index contributed by atoms with van der Waals surface area (Å²) >= 11 is 0. The zero-order valence-corrected chi connectivity index (χ0v) is 13.5. The van der Waals surface area contributed by atoms with Gasteiger partial charge in [-0.05, 0) is 25.8 Å². The lowest BCUT2D eigenvalue weighted by Crippen LogP contribution is -2.52. The van der Waals surface area contributed by atoms with Crippen LogP contribution in [-0.2, 0) is 6.54 Å². The number of urea groups is 1. The summed E-state index contributed by atoms with van der Waals surface area (Å²) in [6.07, 6.45) is 2.66. The van der Waals surface area contributed by atoms with Crippen LogP contribution in [-0.4, -0.2) is 48.1 Å². The first-order valence-electron chi connectivity index (χ1n) is 8.46. The average Bonchev–Trinajstić information content (AvgIpc) is 3.37. The molecule has 1 aliphatic carbocycles. The number of furan rings is 1. The molecule has 4 rings (SSSR count). The van der Waals surface area contributed by atoms with Gasteiger partial charge in [-0.1, -0.05) is 18.2 Å². The number of hydrogen-bond acceptors (Lipinski definition) is 3. The molecule has 2 fully saturated rings. The maximum atomic E-state index is 12.4. The molecular formula is C18H23N3O2. The summed E-state index contributed by atoms with van der Waals surface area (Å²) in [6, 6.07) is 8.80. The van der Waals surface area contributed by atoms with Gasteiger partial charge in [0.25, 0.3) is 0 Å². The molecule has 2 aromatic rings. The third-order valence-corrected chi connectivity index (χ3v) is 4.98. The number of amides is 2. The first kappa shape index (κ1) is 14.6. The van der Waals surface area contributed by atoms with Crippen LogP contribution in [0, 0.1) is 6.92 Å². The molecule has 23 heavy (non-hydrogen) atoms. The van der Waals surface area contributed by atoms with Crippen LogP contribution in [0.4, 0.5) is 4.79 Å². The summed E-state index contributed by atoms with van der Waals surface area (Å²) in [7, 11) is 0. The van der Waals surface area contributed by atoms with Crippen LogP contribution in [0.3, 0.4) is 0 Å². The van der Waals surface area contributed by atoms with Gasteiger partial charge < -0.3 is 14.6 Å². The van der Waals surface area contributed by atoms with Crippen molar-refractivity contribution in [2.24, 2.45) is 0 Å². The maximum Gasteiger partial charge on any atom is 0.317 e. The van der Waals surface area contributed by atoms with Crippen molar-refractivity contribution in [1.29, 1.82) is 0 Å². The molecule has 2 amide bonds. The predicted octanol–water partition coefficient (Wildman–Crippen LogP) is 2.73. The Morgan fingerprint density at radius 2 is 1.96 bits per heavy atom. The highest BCUT2D eigenvalue weighted by atomic mass is 16.3. The number of nitrogens with zero attached hydrogens (tertiary/aromatic N) is 2. The minimum atomic E-state index is 0.0325. The van der Waals surface area contributed by atoms with Gasteiger partial charge in [0.2, 0.25) is 0 Å². The van der Waals surface area contributed by atoms with Crippen molar-refractivity contribution in [3.8, 4) is 0 Å². The van der Waals surface area contributed by atoms with E-state index >= 15 is 0 Å². The van der Waals surface area contributed by atoms with E-state index in [2.05, 4.69) is 10.2 Å². The molecule has 2 heterocycles. The molecule has 1 aliphatic heterocycles. The molecular weight excluding hydrogens is 290 g/mol. The molecule has 1 N–H and O–H groups in total. The Balaban J connectivity index is 1.36. The van der Waals surface area contributed by atoms with Gasteiger partial charge in [-0.3, -0.25) is 4.90 Å². The van der Waals surface area contributed by atoms with E-state index in [1.54, 1.807) is 0 Å². The number of aryl methyl sites for hydroxylation is 1. The van der Waals surface area contributed by atoms with E-state index in [1.807, 2.05) is 36.1 Å². The Hall–Kier alpha value is -2.01. The normalized spacial score (nSPS) is 19.3. The van der Waals surface area contributed by atoms with Crippen molar-refractivity contribution >= 4 is 17.0 Å². The fraction of sp³-hybridized carbons (Fsp3) is 0.500. The van der Waals surface area contributed by atoms with E-state index in [0.717, 1.165) is 54.5 Å². The van der Waals surface area contributed by atoms with Gasteiger partial charge in [0, 0.05) is 49.7 Å². The van der Waals surface area contributed by atoms with Gasteiger partial charge in [0.15, 0.2) is 0 Å². The highest BCUT2D eigenvalue weighted by Crippen LogP contribution is 2.27. The van der Waals surface area contributed by atoms with Gasteiger partial charge in [0.1, 0.15) is 11.3 Å². The van der Waals surface area contributed by atoms with E-state index in [4.69, 9.17) is 4.42 Å². The Kier molecular flexibility index (Phi) is 3.73. The molecule has 0 bridgehead atoms. The standard InChI is InChI=1S/C18H23N3O2/c1-13-16(15-4-2-3-5-17(15)23-13)12-19-18(22)21-10-8-20(9-11-21)14-6-7-14/h2-5,14H,6-12H2,1H3,(H,19,22). The lowest BCUT2D eigenvalue weighted by atomic mass is 10.1. The molecule has 5 heteroatoms. The Bertz CT molecular complexity index is 712. The van der Waals surface area contributed by atoms with Crippen LogP contribution in [0.5, 0.6) is 0 Å². The van der Waals surface area contributed by atoms with E-state index in [9.17, 15) is 4.79 Å². The average molecular weight is 313 g/mol. The van der Waals surface area contributed by atoms with Gasteiger partial charge in [-0.2, -0.15) is 0 Å². The van der Waals surface area contributed by atoms with Crippen LogP contribution >= 0.6 is 0 Å². The van der Waals surface area contributed by atoms with Crippen molar-refractivity contribution in [2.75, 3.05) is 26.2 Å². The number of rotatable bonds is 3. The van der Waals surface area contributed by atoms with Gasteiger partial charge >= 0.3 is 6.03 Å². The van der Waals surface area contributed by atoms with E-state index in [1.165, 1.54) is 12.8 Å². The van der Waals surface area contributed by atoms with Gasteiger partial charge in [0.05, 0.1) is 0 Å². The maximum absolute atomic E-state index is 12.4. The highest BCUT2D eigenvalue weighted by molar-refractivity contribution is 5.83. The van der Waals surface area contributed by atoms with Crippen LogP contribution in [0.15, 0.2) is 28.7 Å². The van der Waals surface area contributed by atoms with Crippen molar-refractivity contribution < 1.29 is 9.21 Å². The third-order valence-electron chi connectivity index (χ3n) is 4.98. The molecule has 2 aliphatic rings. The summed E-state index contributed by atoms with van der Waals surface area (Å²) in [5.41, 5.74) is 1.96. The van der Waals surface area contributed by atoms with Crippen molar-refractivity contribution in [1.82, 2.24) is 15.1 Å². The number of piperazine rings is 1. The number of para-hydroxylation sites is 1. The lowest BCUT2D eigenvalue weighted by molar-refractivity contribution is 0.134. The smallest absolute Gasteiger partial charge is 0.317 e. The highest BCUT2D eigenvalue weighted by Gasteiger charge is 2.32. The van der Waals surface area contributed by atoms with Gasteiger partial charge in [-0.25, -0.2) is 4.79 Å². The fourth-order valence-corrected chi connectivity index (χ4v) is 3.45. The monoisotopic (exact) mass is 313 g/mol. The van der Waals surface area contributed by atoms with E-state index < -0.39 is 0 Å². The Labute approximate surface area is 136 Å². The molecule has 0 atom stereocenters. The third kappa shape index (κ3) is 2.93.